The lowest BCUT2D eigenvalue weighted by Gasteiger charge is -2.36. The van der Waals surface area contributed by atoms with Gasteiger partial charge in [0.05, 0.1) is 11.2 Å². The van der Waals surface area contributed by atoms with Gasteiger partial charge in [-0.15, -0.1) is 0 Å². The van der Waals surface area contributed by atoms with Crippen LogP contribution in [0.5, 0.6) is 0 Å². The fourth-order valence-corrected chi connectivity index (χ4v) is 4.47. The number of nitrogens with one attached hydrogen (secondary N) is 4. The molecular formula is C25H30N6O2. The number of fused-ring (bicyclic) bond motifs is 1. The molecule has 8 nitrogen and oxygen atoms in total. The van der Waals surface area contributed by atoms with Gasteiger partial charge in [-0.05, 0) is 43.9 Å². The lowest BCUT2D eigenvalue weighted by Crippen LogP contribution is -2.58. The van der Waals surface area contributed by atoms with E-state index in [1.54, 1.807) is 6.07 Å². The number of hydrogen-bond donors (Lipinski definition) is 5. The first-order valence-corrected chi connectivity index (χ1v) is 11.0. The fourth-order valence-electron chi connectivity index (χ4n) is 4.47. The molecule has 2 aromatic carbocycles. The van der Waals surface area contributed by atoms with Gasteiger partial charge in [0.2, 0.25) is 0 Å². The Hall–Kier alpha value is -3.62. The lowest BCUT2D eigenvalue weighted by molar-refractivity contribution is 0.0902. The standard InChI is InChI=1S/C25H30N6O2/c1-27-23-12-19-21(13-25(28-2,29-3)14-22(19)32)31(23)17-9-10-18(24(26)33)20(11-17)30-15-16-7-5-4-6-8-16/h4-12,27-30H,13-15H2,1-3H3,(H2,26,33). The van der Waals surface area contributed by atoms with Crippen molar-refractivity contribution in [3.05, 3.63) is 77.0 Å². The Morgan fingerprint density at radius 3 is 2.39 bits per heavy atom. The molecule has 8 heteroatoms. The number of carbonyl (C=O) groups is 2. The maximum absolute atomic E-state index is 13.0. The van der Waals surface area contributed by atoms with Crippen LogP contribution in [0.25, 0.3) is 5.69 Å². The molecule has 4 rings (SSSR count). The summed E-state index contributed by atoms with van der Waals surface area (Å²) in [4.78, 5) is 25.1. The van der Waals surface area contributed by atoms with Gasteiger partial charge < -0.3 is 27.0 Å². The minimum atomic E-state index is -0.521. The zero-order chi connectivity index (χ0) is 23.6. The molecule has 1 heterocycles. The van der Waals surface area contributed by atoms with Gasteiger partial charge in [-0.3, -0.25) is 14.2 Å². The summed E-state index contributed by atoms with van der Waals surface area (Å²) in [6.45, 7) is 0.550. The van der Waals surface area contributed by atoms with Gasteiger partial charge in [0, 0.05) is 49.1 Å². The van der Waals surface area contributed by atoms with Crippen molar-refractivity contribution in [3.8, 4) is 5.69 Å². The molecule has 0 aliphatic heterocycles. The number of benzene rings is 2. The molecule has 0 bridgehead atoms. The molecule has 0 fully saturated rings. The summed E-state index contributed by atoms with van der Waals surface area (Å²) in [6, 6.07) is 17.3. The van der Waals surface area contributed by atoms with E-state index in [0.717, 1.165) is 22.8 Å². The van der Waals surface area contributed by atoms with Gasteiger partial charge in [0.25, 0.3) is 5.91 Å². The Balaban J connectivity index is 1.79. The first-order chi connectivity index (χ1) is 15.9. The normalized spacial score (nSPS) is 14.6. The number of amides is 1. The maximum Gasteiger partial charge on any atom is 0.250 e. The number of nitrogens with two attached hydrogens (primary N) is 1. The summed E-state index contributed by atoms with van der Waals surface area (Å²) in [7, 11) is 5.54. The van der Waals surface area contributed by atoms with Crippen LogP contribution in [-0.2, 0) is 13.0 Å². The van der Waals surface area contributed by atoms with Crippen molar-refractivity contribution in [3.63, 3.8) is 0 Å². The van der Waals surface area contributed by atoms with E-state index < -0.39 is 11.6 Å². The van der Waals surface area contributed by atoms with Crippen LogP contribution in [-0.4, -0.2) is 43.1 Å². The first-order valence-electron chi connectivity index (χ1n) is 11.0. The second-order valence-corrected chi connectivity index (χ2v) is 8.27. The van der Waals surface area contributed by atoms with E-state index in [9.17, 15) is 9.59 Å². The zero-order valence-electron chi connectivity index (χ0n) is 19.2. The summed E-state index contributed by atoms with van der Waals surface area (Å²) < 4.78 is 2.04. The Bertz CT molecular complexity index is 1180. The molecule has 6 N–H and O–H groups in total. The average molecular weight is 447 g/mol. The number of ketones is 1. The average Bonchev–Trinajstić information content (AvgIpc) is 3.21. The third-order valence-corrected chi connectivity index (χ3v) is 6.40. The summed E-state index contributed by atoms with van der Waals surface area (Å²) in [6.07, 6.45) is 0.984. The number of anilines is 2. The Morgan fingerprint density at radius 1 is 1.03 bits per heavy atom. The topological polar surface area (TPSA) is 113 Å². The van der Waals surface area contributed by atoms with Crippen LogP contribution < -0.4 is 27.0 Å². The predicted molar refractivity (Wildman–Crippen MR) is 131 cm³/mol. The van der Waals surface area contributed by atoms with Crippen LogP contribution in [0.15, 0.2) is 54.6 Å². The molecule has 1 amide bonds. The molecule has 0 saturated heterocycles. The summed E-state index contributed by atoms with van der Waals surface area (Å²) >= 11 is 0. The van der Waals surface area contributed by atoms with Crippen LogP contribution in [0.2, 0.25) is 0 Å². The highest BCUT2D eigenvalue weighted by Gasteiger charge is 2.39. The van der Waals surface area contributed by atoms with Crippen molar-refractivity contribution in [2.45, 2.75) is 25.0 Å². The van der Waals surface area contributed by atoms with Gasteiger partial charge >= 0.3 is 0 Å². The third-order valence-electron chi connectivity index (χ3n) is 6.40. The number of primary amides is 1. The predicted octanol–water partition coefficient (Wildman–Crippen LogP) is 2.49. The monoisotopic (exact) mass is 446 g/mol. The number of hydrogen-bond acceptors (Lipinski definition) is 6. The van der Waals surface area contributed by atoms with E-state index in [2.05, 4.69) is 21.3 Å². The molecule has 33 heavy (non-hydrogen) atoms. The molecule has 1 aliphatic rings. The van der Waals surface area contributed by atoms with E-state index in [-0.39, 0.29) is 5.78 Å². The number of nitrogens with zero attached hydrogens (tertiary/aromatic N) is 1. The highest BCUT2D eigenvalue weighted by atomic mass is 16.1. The molecule has 0 radical (unpaired) electrons. The largest absolute Gasteiger partial charge is 0.380 e. The molecule has 172 valence electrons. The highest BCUT2D eigenvalue weighted by Crippen LogP contribution is 2.35. The van der Waals surface area contributed by atoms with Crippen LogP contribution in [0.1, 0.15) is 38.4 Å². The van der Waals surface area contributed by atoms with Crippen molar-refractivity contribution in [1.29, 1.82) is 0 Å². The minimum Gasteiger partial charge on any atom is -0.380 e. The number of likely N-dealkylation sites (N-methyl/N-ethyl adjacent to an activating group) is 2. The zero-order valence-corrected chi connectivity index (χ0v) is 19.2. The molecular weight excluding hydrogens is 416 g/mol. The van der Waals surface area contributed by atoms with Crippen molar-refractivity contribution in [1.82, 2.24) is 15.2 Å². The minimum absolute atomic E-state index is 0.0754. The number of aromatic nitrogens is 1. The van der Waals surface area contributed by atoms with Crippen LogP contribution in [0, 0.1) is 0 Å². The quantitative estimate of drug-likeness (QED) is 0.340. The maximum atomic E-state index is 13.0. The fraction of sp³-hybridized carbons (Fsp3) is 0.280. The van der Waals surface area contributed by atoms with E-state index in [1.165, 1.54) is 0 Å². The van der Waals surface area contributed by atoms with Crippen molar-refractivity contribution in [2.75, 3.05) is 31.8 Å². The van der Waals surface area contributed by atoms with E-state index >= 15 is 0 Å². The van der Waals surface area contributed by atoms with E-state index in [1.807, 2.05) is 74.2 Å². The summed E-state index contributed by atoms with van der Waals surface area (Å²) in [5, 5.41) is 13.1. The molecule has 0 unspecified atom stereocenters. The summed E-state index contributed by atoms with van der Waals surface area (Å²) in [5.41, 5.74) is 9.71. The van der Waals surface area contributed by atoms with Crippen molar-refractivity contribution >= 4 is 23.2 Å². The Kier molecular flexibility index (Phi) is 6.22. The summed E-state index contributed by atoms with van der Waals surface area (Å²) in [5.74, 6) is 0.378. The second kappa shape index (κ2) is 9.09. The van der Waals surface area contributed by atoms with Crippen molar-refractivity contribution < 1.29 is 9.59 Å². The smallest absolute Gasteiger partial charge is 0.250 e. The van der Waals surface area contributed by atoms with E-state index in [4.69, 9.17) is 5.73 Å². The van der Waals surface area contributed by atoms with E-state index in [0.29, 0.717) is 36.2 Å². The Labute approximate surface area is 193 Å². The lowest BCUT2D eigenvalue weighted by atomic mass is 9.86. The van der Waals surface area contributed by atoms with Gasteiger partial charge in [0.1, 0.15) is 5.82 Å². The van der Waals surface area contributed by atoms with Gasteiger partial charge in [-0.1, -0.05) is 30.3 Å². The van der Waals surface area contributed by atoms with Crippen molar-refractivity contribution in [2.24, 2.45) is 5.73 Å². The molecule has 0 atom stereocenters. The SMILES string of the molecule is CNc1cc2c(n1-c1ccc(C(N)=O)c(NCc3ccccc3)c1)CC(NC)(NC)CC2=O. The number of rotatable bonds is 8. The van der Waals surface area contributed by atoms with Crippen LogP contribution >= 0.6 is 0 Å². The second-order valence-electron chi connectivity index (χ2n) is 8.27. The third kappa shape index (κ3) is 4.22. The first kappa shape index (κ1) is 22.6. The highest BCUT2D eigenvalue weighted by molar-refractivity contribution is 6.01. The van der Waals surface area contributed by atoms with Crippen LogP contribution in [0.3, 0.4) is 0 Å². The molecule has 1 aromatic heterocycles. The molecule has 0 saturated carbocycles. The van der Waals surface area contributed by atoms with Crippen LogP contribution in [0.4, 0.5) is 11.5 Å². The number of carbonyl (C=O) groups excluding carboxylic acids is 2. The molecule has 1 aliphatic carbocycles. The van der Waals surface area contributed by atoms with Gasteiger partial charge in [0.15, 0.2) is 5.78 Å². The molecule has 0 spiro atoms. The molecule has 3 aromatic rings. The Morgan fingerprint density at radius 2 is 1.76 bits per heavy atom. The van der Waals surface area contributed by atoms with Gasteiger partial charge in [-0.25, -0.2) is 0 Å². The number of Topliss-reactive ketones (excluding diaryl/α,β-unsaturated/α-hetero) is 1. The van der Waals surface area contributed by atoms with Gasteiger partial charge in [-0.2, -0.15) is 0 Å².